The first-order valence-electron chi connectivity index (χ1n) is 5.87. The smallest absolute Gasteiger partial charge is 0.290 e. The molecule has 0 saturated heterocycles. The number of nitrogens with zero attached hydrogens (tertiary/aromatic N) is 4. The molecule has 2 heterocycles. The van der Waals surface area contributed by atoms with E-state index in [1.165, 1.54) is 42.9 Å². The highest BCUT2D eigenvalue weighted by Gasteiger charge is 2.11. The summed E-state index contributed by atoms with van der Waals surface area (Å²) in [6, 6.07) is 5.75. The molecule has 7 heteroatoms. The van der Waals surface area contributed by atoms with Crippen molar-refractivity contribution in [1.29, 1.82) is 0 Å². The van der Waals surface area contributed by atoms with Gasteiger partial charge in [0.1, 0.15) is 0 Å². The lowest BCUT2D eigenvalue weighted by molar-refractivity contribution is 0.706. The van der Waals surface area contributed by atoms with E-state index < -0.39 is 11.2 Å². The molecule has 0 bridgehead atoms. The summed E-state index contributed by atoms with van der Waals surface area (Å²) in [4.78, 5) is 43.8. The van der Waals surface area contributed by atoms with Crippen LogP contribution in [0.25, 0.3) is 22.2 Å². The van der Waals surface area contributed by atoms with E-state index in [1.807, 2.05) is 0 Å². The quantitative estimate of drug-likeness (QED) is 0.551. The fraction of sp³-hybridized carbons (Fsp3) is 0.154. The van der Waals surface area contributed by atoms with Crippen molar-refractivity contribution < 1.29 is 0 Å². The monoisotopic (exact) mass is 270 g/mol. The van der Waals surface area contributed by atoms with E-state index in [4.69, 9.17) is 0 Å². The van der Waals surface area contributed by atoms with Gasteiger partial charge in [0.15, 0.2) is 16.6 Å². The first-order chi connectivity index (χ1) is 9.49. The van der Waals surface area contributed by atoms with Gasteiger partial charge in [-0.1, -0.05) is 0 Å². The minimum Gasteiger partial charge on any atom is -0.290 e. The molecule has 3 rings (SSSR count). The van der Waals surface area contributed by atoms with Crippen LogP contribution in [-0.4, -0.2) is 19.1 Å². The standard InChI is InChI=1S/C13H10N4O3/c1-16-11-10(12(19)17(2)13(16)20)14-8-5-3-7(18)4-6-9(8)15-11/h3-6H,1-2H3. The maximum Gasteiger partial charge on any atom is 0.332 e. The third kappa shape index (κ3) is 1.63. The third-order valence-electron chi connectivity index (χ3n) is 3.14. The number of aryl methyl sites for hydroxylation is 1. The number of aromatic nitrogens is 4. The van der Waals surface area contributed by atoms with Crippen LogP contribution in [0.1, 0.15) is 0 Å². The Kier molecular flexibility index (Phi) is 2.50. The fourth-order valence-corrected chi connectivity index (χ4v) is 2.01. The molecule has 0 aliphatic heterocycles. The topological polar surface area (TPSA) is 86.8 Å². The molecular weight excluding hydrogens is 260 g/mol. The summed E-state index contributed by atoms with van der Waals surface area (Å²) in [5.41, 5.74) is 0.00571. The summed E-state index contributed by atoms with van der Waals surface area (Å²) < 4.78 is 2.24. The number of hydrogen-bond acceptors (Lipinski definition) is 5. The average molecular weight is 270 g/mol. The Morgan fingerprint density at radius 2 is 1.45 bits per heavy atom. The van der Waals surface area contributed by atoms with Gasteiger partial charge >= 0.3 is 5.69 Å². The highest BCUT2D eigenvalue weighted by Crippen LogP contribution is 2.09. The number of hydrogen-bond donors (Lipinski definition) is 0. The van der Waals surface area contributed by atoms with E-state index in [0.29, 0.717) is 11.0 Å². The third-order valence-corrected chi connectivity index (χ3v) is 3.14. The molecule has 1 aromatic carbocycles. The highest BCUT2D eigenvalue weighted by molar-refractivity contribution is 5.83. The van der Waals surface area contributed by atoms with Crippen molar-refractivity contribution in [2.45, 2.75) is 0 Å². The maximum atomic E-state index is 12.1. The number of rotatable bonds is 0. The van der Waals surface area contributed by atoms with Gasteiger partial charge in [0.2, 0.25) is 0 Å². The van der Waals surface area contributed by atoms with Crippen LogP contribution in [0.5, 0.6) is 0 Å². The second-order valence-corrected chi connectivity index (χ2v) is 4.44. The van der Waals surface area contributed by atoms with Gasteiger partial charge in [-0.25, -0.2) is 14.8 Å². The molecule has 0 unspecified atom stereocenters. The van der Waals surface area contributed by atoms with E-state index >= 15 is 0 Å². The van der Waals surface area contributed by atoms with Crippen LogP contribution in [-0.2, 0) is 14.1 Å². The fourth-order valence-electron chi connectivity index (χ4n) is 2.01. The molecule has 0 saturated carbocycles. The van der Waals surface area contributed by atoms with Crippen molar-refractivity contribution in [2.75, 3.05) is 0 Å². The summed E-state index contributed by atoms with van der Waals surface area (Å²) in [6.07, 6.45) is 0. The normalized spacial score (nSPS) is 11.1. The molecule has 0 aliphatic rings. The summed E-state index contributed by atoms with van der Waals surface area (Å²) in [6.45, 7) is 0. The Balaban J connectivity index is 2.66. The van der Waals surface area contributed by atoms with Gasteiger partial charge in [-0.3, -0.25) is 18.7 Å². The molecule has 0 N–H and O–H groups in total. The summed E-state index contributed by atoms with van der Waals surface area (Å²) in [5.74, 6) is 0. The van der Waals surface area contributed by atoms with Crippen LogP contribution in [0.3, 0.4) is 0 Å². The second-order valence-electron chi connectivity index (χ2n) is 4.44. The molecule has 0 fully saturated rings. The van der Waals surface area contributed by atoms with Crippen LogP contribution in [0.15, 0.2) is 38.6 Å². The lowest BCUT2D eigenvalue weighted by atomic mass is 10.3. The maximum absolute atomic E-state index is 12.1. The molecule has 0 atom stereocenters. The van der Waals surface area contributed by atoms with Crippen LogP contribution >= 0.6 is 0 Å². The van der Waals surface area contributed by atoms with Gasteiger partial charge < -0.3 is 0 Å². The van der Waals surface area contributed by atoms with Crippen LogP contribution in [0.4, 0.5) is 0 Å². The molecular formula is C13H10N4O3. The molecule has 7 nitrogen and oxygen atoms in total. The van der Waals surface area contributed by atoms with Crippen LogP contribution in [0.2, 0.25) is 0 Å². The van der Waals surface area contributed by atoms with E-state index in [2.05, 4.69) is 9.97 Å². The predicted octanol–water partition coefficient (Wildman–Crippen LogP) is -0.459. The Hall–Kier alpha value is -2.83. The summed E-state index contributed by atoms with van der Waals surface area (Å²) in [7, 11) is 2.91. The predicted molar refractivity (Wildman–Crippen MR) is 73.8 cm³/mol. The van der Waals surface area contributed by atoms with E-state index in [9.17, 15) is 14.4 Å². The van der Waals surface area contributed by atoms with Gasteiger partial charge in [0.05, 0.1) is 11.0 Å². The molecule has 3 aromatic rings. The lowest BCUT2D eigenvalue weighted by Crippen LogP contribution is -2.37. The summed E-state index contributed by atoms with van der Waals surface area (Å²) >= 11 is 0. The zero-order valence-electron chi connectivity index (χ0n) is 10.8. The number of fused-ring (bicyclic) bond motifs is 2. The van der Waals surface area contributed by atoms with Crippen molar-refractivity contribution in [3.8, 4) is 0 Å². The SMILES string of the molecule is Cn1c(=O)c2nc3ccc(=O)ccc3nc2n(C)c1=O. The molecule has 0 aliphatic carbocycles. The minimum atomic E-state index is -0.508. The molecule has 0 amide bonds. The Morgan fingerprint density at radius 3 is 2.10 bits per heavy atom. The molecule has 0 radical (unpaired) electrons. The first kappa shape index (κ1) is 12.2. The van der Waals surface area contributed by atoms with Crippen molar-refractivity contribution in [2.24, 2.45) is 14.1 Å². The average Bonchev–Trinajstić information content (AvgIpc) is 2.63. The van der Waals surface area contributed by atoms with Crippen molar-refractivity contribution in [1.82, 2.24) is 19.1 Å². The lowest BCUT2D eigenvalue weighted by Gasteiger charge is -2.06. The zero-order chi connectivity index (χ0) is 14.4. The van der Waals surface area contributed by atoms with Gasteiger partial charge in [-0.15, -0.1) is 0 Å². The van der Waals surface area contributed by atoms with Crippen LogP contribution < -0.4 is 16.7 Å². The largest absolute Gasteiger partial charge is 0.332 e. The highest BCUT2D eigenvalue weighted by atomic mass is 16.2. The Bertz CT molecular complexity index is 1030. The van der Waals surface area contributed by atoms with E-state index in [-0.39, 0.29) is 16.6 Å². The minimum absolute atomic E-state index is 0.0979. The van der Waals surface area contributed by atoms with Gasteiger partial charge in [-0.2, -0.15) is 0 Å². The summed E-state index contributed by atoms with van der Waals surface area (Å²) in [5, 5.41) is 0. The van der Waals surface area contributed by atoms with E-state index in [1.54, 1.807) is 0 Å². The van der Waals surface area contributed by atoms with E-state index in [0.717, 1.165) is 4.57 Å². The Morgan fingerprint density at radius 1 is 0.850 bits per heavy atom. The van der Waals surface area contributed by atoms with Crippen molar-refractivity contribution in [3.63, 3.8) is 0 Å². The molecule has 100 valence electrons. The van der Waals surface area contributed by atoms with Gasteiger partial charge in [0.25, 0.3) is 5.56 Å². The molecule has 20 heavy (non-hydrogen) atoms. The molecule has 2 aromatic heterocycles. The van der Waals surface area contributed by atoms with Crippen molar-refractivity contribution in [3.05, 3.63) is 55.3 Å². The van der Waals surface area contributed by atoms with Crippen molar-refractivity contribution >= 4 is 22.2 Å². The van der Waals surface area contributed by atoms with Gasteiger partial charge in [0, 0.05) is 14.1 Å². The molecule has 0 spiro atoms. The Labute approximate surface area is 111 Å². The zero-order valence-corrected chi connectivity index (χ0v) is 10.8. The van der Waals surface area contributed by atoms with Crippen LogP contribution in [0, 0.1) is 0 Å². The first-order valence-corrected chi connectivity index (χ1v) is 5.87. The van der Waals surface area contributed by atoms with Gasteiger partial charge in [-0.05, 0) is 24.3 Å². The second kappa shape index (κ2) is 4.09.